The topological polar surface area (TPSA) is 39.1 Å². The van der Waals surface area contributed by atoms with E-state index in [0.717, 1.165) is 31.1 Å². The van der Waals surface area contributed by atoms with Crippen molar-refractivity contribution in [1.29, 1.82) is 5.26 Å². The van der Waals surface area contributed by atoms with E-state index in [4.69, 9.17) is 0 Å². The number of hydrogen-bond donors (Lipinski definition) is 1. The van der Waals surface area contributed by atoms with Crippen molar-refractivity contribution in [2.24, 2.45) is 0 Å². The normalized spacial score (nSPS) is 12.6. The maximum Gasteiger partial charge on any atom is 0.130 e. The Bertz CT molecular complexity index is 363. The van der Waals surface area contributed by atoms with Crippen molar-refractivity contribution in [3.63, 3.8) is 0 Å². The fourth-order valence-corrected chi connectivity index (χ4v) is 2.73. The van der Waals surface area contributed by atoms with Crippen molar-refractivity contribution in [1.82, 2.24) is 10.2 Å². The van der Waals surface area contributed by atoms with Crippen LogP contribution >= 0.6 is 11.3 Å². The molecule has 1 N–H and O–H groups in total. The van der Waals surface area contributed by atoms with Gasteiger partial charge in [0.15, 0.2) is 0 Å². The Morgan fingerprint density at radius 2 is 2.18 bits per heavy atom. The third-order valence-electron chi connectivity index (χ3n) is 2.96. The van der Waals surface area contributed by atoms with Crippen LogP contribution in [0.2, 0.25) is 0 Å². The highest BCUT2D eigenvalue weighted by molar-refractivity contribution is 7.10. The number of hydrogen-bond acceptors (Lipinski definition) is 4. The summed E-state index contributed by atoms with van der Waals surface area (Å²) in [6.45, 7) is 10.4. The van der Waals surface area contributed by atoms with Crippen LogP contribution in [-0.2, 0) is 0 Å². The Balaban J connectivity index is 2.44. The van der Waals surface area contributed by atoms with Crippen molar-refractivity contribution >= 4 is 11.3 Å². The molecule has 0 amide bonds. The summed E-state index contributed by atoms with van der Waals surface area (Å²) in [6, 6.07) is 4.24. The number of nitrogens with one attached hydrogen (secondary N) is 1. The minimum absolute atomic E-state index is 0.162. The molecule has 1 rings (SSSR count). The first-order valence-corrected chi connectivity index (χ1v) is 7.00. The minimum Gasteiger partial charge on any atom is -0.303 e. The van der Waals surface area contributed by atoms with Gasteiger partial charge in [0, 0.05) is 18.0 Å². The molecular weight excluding hydrogens is 230 g/mol. The molecule has 0 bridgehead atoms. The molecule has 0 aliphatic carbocycles. The van der Waals surface area contributed by atoms with E-state index in [0.29, 0.717) is 0 Å². The van der Waals surface area contributed by atoms with Crippen LogP contribution in [0.4, 0.5) is 0 Å². The Kier molecular flexibility index (Phi) is 6.20. The van der Waals surface area contributed by atoms with Gasteiger partial charge in [-0.1, -0.05) is 13.8 Å². The highest BCUT2D eigenvalue weighted by Gasteiger charge is 2.13. The Morgan fingerprint density at radius 1 is 1.47 bits per heavy atom. The molecule has 1 heterocycles. The highest BCUT2D eigenvalue weighted by Crippen LogP contribution is 2.23. The Morgan fingerprint density at radius 3 is 2.65 bits per heavy atom. The smallest absolute Gasteiger partial charge is 0.130 e. The highest BCUT2D eigenvalue weighted by atomic mass is 32.1. The standard InChI is InChI=1S/C13H21N3S/c1-4-16(5-2)8-7-15-12(10-14)13-11(3)6-9-17-13/h6,9,12,15H,4-5,7-8H2,1-3H3. The lowest BCUT2D eigenvalue weighted by atomic mass is 10.2. The second-order valence-electron chi connectivity index (χ2n) is 4.01. The van der Waals surface area contributed by atoms with E-state index in [9.17, 15) is 5.26 Å². The SMILES string of the molecule is CCN(CC)CCNC(C#N)c1sccc1C. The molecule has 0 radical (unpaired) electrons. The predicted octanol–water partition coefficient (Wildman–Crippen LogP) is 2.55. The maximum atomic E-state index is 9.18. The van der Waals surface area contributed by atoms with Crippen LogP contribution in [0.1, 0.15) is 30.3 Å². The monoisotopic (exact) mass is 251 g/mol. The fraction of sp³-hybridized carbons (Fsp3) is 0.615. The molecule has 0 spiro atoms. The number of likely N-dealkylation sites (N-methyl/N-ethyl adjacent to an activating group) is 1. The first kappa shape index (κ1) is 14.2. The summed E-state index contributed by atoms with van der Waals surface area (Å²) in [5, 5.41) is 14.5. The molecule has 1 aromatic heterocycles. The maximum absolute atomic E-state index is 9.18. The number of rotatable bonds is 7. The zero-order valence-corrected chi connectivity index (χ0v) is 11.7. The summed E-state index contributed by atoms with van der Waals surface area (Å²) in [4.78, 5) is 3.50. The minimum atomic E-state index is -0.162. The van der Waals surface area contributed by atoms with E-state index < -0.39 is 0 Å². The quantitative estimate of drug-likeness (QED) is 0.809. The molecule has 3 nitrogen and oxygen atoms in total. The number of thiophene rings is 1. The summed E-state index contributed by atoms with van der Waals surface area (Å²) in [7, 11) is 0. The van der Waals surface area contributed by atoms with Crippen molar-refractivity contribution in [2.45, 2.75) is 26.8 Å². The van der Waals surface area contributed by atoms with Gasteiger partial charge in [-0.05, 0) is 37.0 Å². The predicted molar refractivity (Wildman–Crippen MR) is 73.2 cm³/mol. The van der Waals surface area contributed by atoms with E-state index in [1.165, 1.54) is 5.56 Å². The molecule has 0 saturated carbocycles. The van der Waals surface area contributed by atoms with Crippen LogP contribution in [0.3, 0.4) is 0 Å². The molecule has 0 aromatic carbocycles. The average Bonchev–Trinajstić information content (AvgIpc) is 2.76. The third kappa shape index (κ3) is 4.12. The zero-order valence-electron chi connectivity index (χ0n) is 10.9. The molecule has 0 aliphatic rings. The summed E-state index contributed by atoms with van der Waals surface area (Å²) in [5.41, 5.74) is 1.21. The van der Waals surface area contributed by atoms with E-state index >= 15 is 0 Å². The molecule has 17 heavy (non-hydrogen) atoms. The molecule has 1 unspecified atom stereocenters. The summed E-state index contributed by atoms with van der Waals surface area (Å²) < 4.78 is 0. The summed E-state index contributed by atoms with van der Waals surface area (Å²) in [6.07, 6.45) is 0. The lowest BCUT2D eigenvalue weighted by Crippen LogP contribution is -2.33. The van der Waals surface area contributed by atoms with Crippen LogP contribution in [0.5, 0.6) is 0 Å². The number of aryl methyl sites for hydroxylation is 1. The van der Waals surface area contributed by atoms with Gasteiger partial charge in [0.2, 0.25) is 0 Å². The second kappa shape index (κ2) is 7.44. The molecule has 94 valence electrons. The van der Waals surface area contributed by atoms with Crippen LogP contribution < -0.4 is 5.32 Å². The first-order chi connectivity index (χ1) is 8.22. The molecule has 0 saturated heterocycles. The molecule has 4 heteroatoms. The van der Waals surface area contributed by atoms with Gasteiger partial charge in [-0.15, -0.1) is 11.3 Å². The number of nitriles is 1. The van der Waals surface area contributed by atoms with Crippen molar-refractivity contribution in [3.8, 4) is 6.07 Å². The van der Waals surface area contributed by atoms with Gasteiger partial charge in [0.25, 0.3) is 0 Å². The van der Waals surface area contributed by atoms with E-state index in [1.807, 2.05) is 5.38 Å². The van der Waals surface area contributed by atoms with Crippen molar-refractivity contribution in [2.75, 3.05) is 26.2 Å². The van der Waals surface area contributed by atoms with E-state index in [-0.39, 0.29) is 6.04 Å². The lowest BCUT2D eigenvalue weighted by Gasteiger charge is -2.19. The van der Waals surface area contributed by atoms with Gasteiger partial charge >= 0.3 is 0 Å². The second-order valence-corrected chi connectivity index (χ2v) is 4.96. The first-order valence-electron chi connectivity index (χ1n) is 6.12. The van der Waals surface area contributed by atoms with Gasteiger partial charge in [0.05, 0.1) is 6.07 Å². The summed E-state index contributed by atoms with van der Waals surface area (Å²) >= 11 is 1.65. The molecule has 0 aliphatic heterocycles. The van der Waals surface area contributed by atoms with E-state index in [2.05, 4.69) is 43.1 Å². The lowest BCUT2D eigenvalue weighted by molar-refractivity contribution is 0.300. The van der Waals surface area contributed by atoms with Crippen LogP contribution in [0.25, 0.3) is 0 Å². The zero-order chi connectivity index (χ0) is 12.7. The van der Waals surface area contributed by atoms with Gasteiger partial charge in [-0.25, -0.2) is 0 Å². The van der Waals surface area contributed by atoms with Gasteiger partial charge in [-0.3, -0.25) is 5.32 Å². The molecular formula is C13H21N3S. The fourth-order valence-electron chi connectivity index (χ4n) is 1.78. The molecule has 1 atom stereocenters. The third-order valence-corrected chi connectivity index (χ3v) is 4.05. The van der Waals surface area contributed by atoms with Crippen LogP contribution in [-0.4, -0.2) is 31.1 Å². The molecule has 0 fully saturated rings. The van der Waals surface area contributed by atoms with Crippen molar-refractivity contribution in [3.05, 3.63) is 21.9 Å². The largest absolute Gasteiger partial charge is 0.303 e. The van der Waals surface area contributed by atoms with Gasteiger partial charge in [0.1, 0.15) is 6.04 Å². The summed E-state index contributed by atoms with van der Waals surface area (Å²) in [5.74, 6) is 0. The van der Waals surface area contributed by atoms with Crippen molar-refractivity contribution < 1.29 is 0 Å². The van der Waals surface area contributed by atoms with Crippen LogP contribution in [0, 0.1) is 18.3 Å². The van der Waals surface area contributed by atoms with Gasteiger partial charge in [-0.2, -0.15) is 5.26 Å². The van der Waals surface area contributed by atoms with E-state index in [1.54, 1.807) is 11.3 Å². The average molecular weight is 251 g/mol. The Hall–Kier alpha value is -0.890. The number of nitrogens with zero attached hydrogens (tertiary/aromatic N) is 2. The van der Waals surface area contributed by atoms with Gasteiger partial charge < -0.3 is 4.90 Å². The van der Waals surface area contributed by atoms with Crippen LogP contribution in [0.15, 0.2) is 11.4 Å². The Labute approximate surface area is 108 Å². The molecule has 1 aromatic rings.